The van der Waals surface area contributed by atoms with Gasteiger partial charge in [-0.2, -0.15) is 0 Å². The lowest BCUT2D eigenvalue weighted by Crippen LogP contribution is -2.33. The average molecular weight is 320 g/mol. The number of carbonyl (C=O) groups excluding carboxylic acids is 2. The number of carbonyl (C=O) groups is 2. The number of nitrogens with zero attached hydrogens (tertiary/aromatic N) is 1. The fourth-order valence-corrected chi connectivity index (χ4v) is 3.48. The van der Waals surface area contributed by atoms with Gasteiger partial charge < -0.3 is 10.2 Å². The standard InChI is InChI=1S/C17H24N2O2S/c1-4-8-19(9-5-2)16(20)11-13-6-7-15-14(10-13)18-17(21)12(3)22-15/h6-7,10,12H,4-5,8-9,11H2,1-3H3,(H,18,21). The van der Waals surface area contributed by atoms with E-state index in [9.17, 15) is 9.59 Å². The minimum atomic E-state index is -0.0652. The molecule has 1 N–H and O–H groups in total. The first-order valence-corrected chi connectivity index (χ1v) is 8.81. The molecule has 2 amide bonds. The van der Waals surface area contributed by atoms with Crippen molar-refractivity contribution in [1.29, 1.82) is 0 Å². The molecule has 0 aliphatic carbocycles. The smallest absolute Gasteiger partial charge is 0.237 e. The van der Waals surface area contributed by atoms with Crippen molar-refractivity contribution >= 4 is 29.3 Å². The first-order valence-electron chi connectivity index (χ1n) is 7.93. The van der Waals surface area contributed by atoms with E-state index >= 15 is 0 Å². The molecule has 0 saturated carbocycles. The second-order valence-electron chi connectivity index (χ2n) is 5.64. The van der Waals surface area contributed by atoms with Gasteiger partial charge in [0.25, 0.3) is 0 Å². The van der Waals surface area contributed by atoms with Gasteiger partial charge in [0, 0.05) is 18.0 Å². The summed E-state index contributed by atoms with van der Waals surface area (Å²) in [6.45, 7) is 7.68. The van der Waals surface area contributed by atoms with Crippen molar-refractivity contribution in [1.82, 2.24) is 4.90 Å². The molecular weight excluding hydrogens is 296 g/mol. The Labute approximate surface area is 136 Å². The van der Waals surface area contributed by atoms with E-state index in [1.807, 2.05) is 30.0 Å². The van der Waals surface area contributed by atoms with Gasteiger partial charge in [-0.3, -0.25) is 9.59 Å². The molecular formula is C17H24N2O2S. The molecule has 1 aromatic rings. The van der Waals surface area contributed by atoms with E-state index in [1.54, 1.807) is 11.8 Å². The van der Waals surface area contributed by atoms with Crippen LogP contribution in [0.1, 0.15) is 39.2 Å². The number of thioether (sulfide) groups is 1. The van der Waals surface area contributed by atoms with E-state index in [4.69, 9.17) is 0 Å². The number of hydrogen-bond acceptors (Lipinski definition) is 3. The molecule has 0 aromatic heterocycles. The van der Waals surface area contributed by atoms with Gasteiger partial charge in [0.15, 0.2) is 0 Å². The molecule has 0 spiro atoms. The third kappa shape index (κ3) is 4.03. The van der Waals surface area contributed by atoms with Crippen molar-refractivity contribution in [2.75, 3.05) is 18.4 Å². The molecule has 2 rings (SSSR count). The first kappa shape index (κ1) is 16.9. The molecule has 1 unspecified atom stereocenters. The minimum Gasteiger partial charge on any atom is -0.342 e. The van der Waals surface area contributed by atoms with E-state index < -0.39 is 0 Å². The van der Waals surface area contributed by atoms with Crippen molar-refractivity contribution in [3.63, 3.8) is 0 Å². The largest absolute Gasteiger partial charge is 0.342 e. The third-order valence-electron chi connectivity index (χ3n) is 3.67. The summed E-state index contributed by atoms with van der Waals surface area (Å²) in [5, 5.41) is 2.85. The van der Waals surface area contributed by atoms with Crippen molar-refractivity contribution < 1.29 is 9.59 Å². The van der Waals surface area contributed by atoms with Crippen LogP contribution in [-0.2, 0) is 16.0 Å². The number of amides is 2. The molecule has 0 fully saturated rings. The molecule has 0 saturated heterocycles. The zero-order valence-corrected chi connectivity index (χ0v) is 14.3. The molecule has 1 aliphatic rings. The fourth-order valence-electron chi connectivity index (χ4n) is 2.55. The van der Waals surface area contributed by atoms with Crippen LogP contribution in [0.2, 0.25) is 0 Å². The lowest BCUT2D eigenvalue weighted by atomic mass is 10.1. The second kappa shape index (κ2) is 7.68. The molecule has 0 bridgehead atoms. The molecule has 0 radical (unpaired) electrons. The molecule has 1 aromatic carbocycles. The summed E-state index contributed by atoms with van der Waals surface area (Å²) in [7, 11) is 0. The van der Waals surface area contributed by atoms with Crippen LogP contribution in [-0.4, -0.2) is 35.1 Å². The molecule has 1 aliphatic heterocycles. The maximum atomic E-state index is 12.4. The van der Waals surface area contributed by atoms with Crippen LogP contribution in [0.15, 0.2) is 23.1 Å². The van der Waals surface area contributed by atoms with Gasteiger partial charge in [-0.05, 0) is 37.5 Å². The number of rotatable bonds is 6. The van der Waals surface area contributed by atoms with Crippen LogP contribution in [0.5, 0.6) is 0 Å². The van der Waals surface area contributed by atoms with Gasteiger partial charge in [0.2, 0.25) is 11.8 Å². The van der Waals surface area contributed by atoms with E-state index in [0.717, 1.165) is 42.1 Å². The van der Waals surface area contributed by atoms with Crippen molar-refractivity contribution in [3.8, 4) is 0 Å². The maximum Gasteiger partial charge on any atom is 0.237 e. The monoisotopic (exact) mass is 320 g/mol. The quantitative estimate of drug-likeness (QED) is 0.875. The Bertz CT molecular complexity index is 554. The highest BCUT2D eigenvalue weighted by atomic mass is 32.2. The zero-order valence-electron chi connectivity index (χ0n) is 13.5. The topological polar surface area (TPSA) is 49.4 Å². The van der Waals surface area contributed by atoms with E-state index in [-0.39, 0.29) is 17.1 Å². The predicted molar refractivity (Wildman–Crippen MR) is 91.3 cm³/mol. The summed E-state index contributed by atoms with van der Waals surface area (Å²) in [6.07, 6.45) is 2.34. The first-order chi connectivity index (χ1) is 10.5. The summed E-state index contributed by atoms with van der Waals surface area (Å²) in [5.74, 6) is 0.186. The van der Waals surface area contributed by atoms with E-state index in [2.05, 4.69) is 19.2 Å². The van der Waals surface area contributed by atoms with Crippen molar-refractivity contribution in [3.05, 3.63) is 23.8 Å². The van der Waals surface area contributed by atoms with Crippen molar-refractivity contribution in [2.45, 2.75) is 50.2 Å². The molecule has 1 atom stereocenters. The van der Waals surface area contributed by atoms with Crippen LogP contribution in [0.3, 0.4) is 0 Å². The van der Waals surface area contributed by atoms with Crippen LogP contribution < -0.4 is 5.32 Å². The Hall–Kier alpha value is -1.49. The number of benzene rings is 1. The Morgan fingerprint density at radius 1 is 1.27 bits per heavy atom. The second-order valence-corrected chi connectivity index (χ2v) is 7.02. The maximum absolute atomic E-state index is 12.4. The normalized spacial score (nSPS) is 16.9. The Kier molecular flexibility index (Phi) is 5.89. The molecule has 1 heterocycles. The van der Waals surface area contributed by atoms with E-state index in [1.165, 1.54) is 0 Å². The van der Waals surface area contributed by atoms with E-state index in [0.29, 0.717) is 6.42 Å². The summed E-state index contributed by atoms with van der Waals surface area (Å²) in [6, 6.07) is 5.92. The summed E-state index contributed by atoms with van der Waals surface area (Å²) >= 11 is 1.56. The Morgan fingerprint density at radius 3 is 2.59 bits per heavy atom. The van der Waals surface area contributed by atoms with Gasteiger partial charge in [-0.25, -0.2) is 0 Å². The van der Waals surface area contributed by atoms with Crippen molar-refractivity contribution in [2.24, 2.45) is 0 Å². The number of anilines is 1. The zero-order chi connectivity index (χ0) is 16.1. The molecule has 22 heavy (non-hydrogen) atoms. The SMILES string of the molecule is CCCN(CCC)C(=O)Cc1ccc2c(c1)NC(=O)C(C)S2. The highest BCUT2D eigenvalue weighted by Gasteiger charge is 2.23. The third-order valence-corrected chi connectivity index (χ3v) is 4.85. The van der Waals surface area contributed by atoms with Crippen LogP contribution in [0, 0.1) is 0 Å². The van der Waals surface area contributed by atoms with Crippen LogP contribution in [0.4, 0.5) is 5.69 Å². The number of fused-ring (bicyclic) bond motifs is 1. The average Bonchev–Trinajstić information content (AvgIpc) is 2.48. The summed E-state index contributed by atoms with van der Waals surface area (Å²) in [5.41, 5.74) is 1.78. The van der Waals surface area contributed by atoms with Gasteiger partial charge in [0.1, 0.15) is 0 Å². The Balaban J connectivity index is 2.09. The lowest BCUT2D eigenvalue weighted by Gasteiger charge is -2.23. The molecule has 4 nitrogen and oxygen atoms in total. The fraction of sp³-hybridized carbons (Fsp3) is 0.529. The van der Waals surface area contributed by atoms with Gasteiger partial charge >= 0.3 is 0 Å². The number of hydrogen-bond donors (Lipinski definition) is 1. The van der Waals surface area contributed by atoms with Crippen LogP contribution >= 0.6 is 11.8 Å². The highest BCUT2D eigenvalue weighted by Crippen LogP contribution is 2.36. The predicted octanol–water partition coefficient (Wildman–Crippen LogP) is 3.31. The Morgan fingerprint density at radius 2 is 1.95 bits per heavy atom. The number of nitrogens with one attached hydrogen (secondary N) is 1. The summed E-state index contributed by atoms with van der Waals surface area (Å²) in [4.78, 5) is 27.2. The molecule has 120 valence electrons. The molecule has 5 heteroatoms. The highest BCUT2D eigenvalue weighted by molar-refractivity contribution is 8.00. The van der Waals surface area contributed by atoms with Crippen LogP contribution in [0.25, 0.3) is 0 Å². The van der Waals surface area contributed by atoms with Gasteiger partial charge in [-0.1, -0.05) is 19.9 Å². The minimum absolute atomic E-state index is 0.0274. The van der Waals surface area contributed by atoms with Gasteiger partial charge in [0.05, 0.1) is 17.4 Å². The lowest BCUT2D eigenvalue weighted by molar-refractivity contribution is -0.130. The summed E-state index contributed by atoms with van der Waals surface area (Å²) < 4.78 is 0. The van der Waals surface area contributed by atoms with Gasteiger partial charge in [-0.15, -0.1) is 11.8 Å².